The van der Waals surface area contributed by atoms with Crippen molar-refractivity contribution < 1.29 is 19.2 Å². The molecule has 0 atom stereocenters. The Labute approximate surface area is 128 Å². The minimum absolute atomic E-state index is 0.196. The highest BCUT2D eigenvalue weighted by Gasteiger charge is 2.08. The Morgan fingerprint density at radius 1 is 1.09 bits per heavy atom. The Morgan fingerprint density at radius 3 is 2.41 bits per heavy atom. The van der Waals surface area contributed by atoms with Crippen molar-refractivity contribution in [1.29, 1.82) is 0 Å². The van der Waals surface area contributed by atoms with Gasteiger partial charge in [-0.3, -0.25) is 9.78 Å². The molecule has 22 heavy (non-hydrogen) atoms. The largest absolute Gasteiger partial charge is 0.489 e. The Hall–Kier alpha value is -2.89. The third-order valence-corrected chi connectivity index (χ3v) is 2.82. The average Bonchev–Trinajstić information content (AvgIpc) is 2.59. The lowest BCUT2D eigenvalue weighted by atomic mass is 10.2. The molecule has 0 spiro atoms. The lowest BCUT2D eigenvalue weighted by Crippen LogP contribution is -2.26. The molecule has 0 aliphatic heterocycles. The van der Waals surface area contributed by atoms with Gasteiger partial charge in [0.25, 0.3) is 5.91 Å². The van der Waals surface area contributed by atoms with E-state index < -0.39 is 11.9 Å². The van der Waals surface area contributed by atoms with E-state index in [4.69, 9.17) is 4.74 Å². The topological polar surface area (TPSA) is 77.5 Å². The Balaban J connectivity index is 1.87. The van der Waals surface area contributed by atoms with Gasteiger partial charge in [-0.2, -0.15) is 5.48 Å². The number of hydroxylamine groups is 1. The van der Waals surface area contributed by atoms with Crippen LogP contribution in [0.3, 0.4) is 0 Å². The van der Waals surface area contributed by atoms with Crippen LogP contribution in [0, 0.1) is 0 Å². The van der Waals surface area contributed by atoms with Crippen molar-refractivity contribution in [2.24, 2.45) is 0 Å². The zero-order valence-electron chi connectivity index (χ0n) is 12.1. The Morgan fingerprint density at radius 2 is 1.77 bits per heavy atom. The number of benzene rings is 1. The first-order chi connectivity index (χ1) is 10.7. The fraction of sp³-hybridized carbons (Fsp3) is 0.188. The Kier molecular flexibility index (Phi) is 5.48. The third kappa shape index (κ3) is 4.59. The fourth-order valence-electron chi connectivity index (χ4n) is 1.58. The monoisotopic (exact) mass is 300 g/mol. The van der Waals surface area contributed by atoms with Crippen LogP contribution in [-0.4, -0.2) is 16.9 Å². The van der Waals surface area contributed by atoms with Crippen LogP contribution in [0.15, 0.2) is 48.8 Å². The molecular formula is C16H16N2O4. The molecule has 0 fully saturated rings. The van der Waals surface area contributed by atoms with E-state index in [0.717, 1.165) is 5.56 Å². The summed E-state index contributed by atoms with van der Waals surface area (Å²) >= 11 is 0. The maximum atomic E-state index is 11.7. The van der Waals surface area contributed by atoms with E-state index in [1.54, 1.807) is 43.6 Å². The number of aromatic nitrogens is 1. The molecule has 1 aromatic heterocycles. The quantitative estimate of drug-likeness (QED) is 0.857. The van der Waals surface area contributed by atoms with Crippen LogP contribution in [-0.2, 0) is 16.2 Å². The number of amides is 1. The van der Waals surface area contributed by atoms with Crippen LogP contribution in [0.2, 0.25) is 0 Å². The number of pyridine rings is 1. The minimum atomic E-state index is -0.495. The highest BCUT2D eigenvalue weighted by Crippen LogP contribution is 2.14. The van der Waals surface area contributed by atoms with Crippen molar-refractivity contribution >= 4 is 11.9 Å². The molecule has 0 bridgehead atoms. The van der Waals surface area contributed by atoms with Crippen LogP contribution in [0.5, 0.6) is 5.75 Å². The first-order valence-electron chi connectivity index (χ1n) is 6.81. The summed E-state index contributed by atoms with van der Waals surface area (Å²) in [5.41, 5.74) is 3.47. The second-order valence-electron chi connectivity index (χ2n) is 4.43. The SMILES string of the molecule is CCC(=O)ONC(=O)c1ccc(OCc2ccncc2)cc1. The van der Waals surface area contributed by atoms with E-state index in [2.05, 4.69) is 15.3 Å². The lowest BCUT2D eigenvalue weighted by Gasteiger charge is -2.07. The maximum absolute atomic E-state index is 11.7. The molecule has 2 aromatic rings. The van der Waals surface area contributed by atoms with Gasteiger partial charge in [-0.15, -0.1) is 0 Å². The molecule has 1 heterocycles. The summed E-state index contributed by atoms with van der Waals surface area (Å²) in [6.07, 6.45) is 3.59. The normalized spacial score (nSPS) is 9.86. The van der Waals surface area contributed by atoms with E-state index in [0.29, 0.717) is 17.9 Å². The summed E-state index contributed by atoms with van der Waals surface area (Å²) < 4.78 is 5.60. The zero-order valence-corrected chi connectivity index (χ0v) is 12.1. The summed E-state index contributed by atoms with van der Waals surface area (Å²) in [6, 6.07) is 10.3. The van der Waals surface area contributed by atoms with Gasteiger partial charge in [0.05, 0.1) is 0 Å². The number of rotatable bonds is 5. The first-order valence-corrected chi connectivity index (χ1v) is 6.81. The van der Waals surface area contributed by atoms with Gasteiger partial charge in [0.1, 0.15) is 12.4 Å². The summed E-state index contributed by atoms with van der Waals surface area (Å²) in [5, 5.41) is 0. The van der Waals surface area contributed by atoms with Crippen molar-refractivity contribution in [3.8, 4) is 5.75 Å². The molecule has 0 aliphatic carbocycles. The Bertz CT molecular complexity index is 626. The predicted molar refractivity (Wildman–Crippen MR) is 78.9 cm³/mol. The number of nitrogens with one attached hydrogen (secondary N) is 1. The molecule has 0 unspecified atom stereocenters. The van der Waals surface area contributed by atoms with Gasteiger partial charge in [-0.25, -0.2) is 4.79 Å². The van der Waals surface area contributed by atoms with Crippen LogP contribution in [0.4, 0.5) is 0 Å². The van der Waals surface area contributed by atoms with Gasteiger partial charge in [0.15, 0.2) is 0 Å². The average molecular weight is 300 g/mol. The van der Waals surface area contributed by atoms with Gasteiger partial charge in [0, 0.05) is 24.4 Å². The van der Waals surface area contributed by atoms with Crippen molar-refractivity contribution in [3.05, 3.63) is 59.9 Å². The van der Waals surface area contributed by atoms with Gasteiger partial charge >= 0.3 is 5.97 Å². The number of hydrogen-bond acceptors (Lipinski definition) is 5. The number of ether oxygens (including phenoxy) is 1. The first kappa shape index (κ1) is 15.5. The third-order valence-electron chi connectivity index (χ3n) is 2.82. The number of hydrogen-bond donors (Lipinski definition) is 1. The van der Waals surface area contributed by atoms with Gasteiger partial charge in [-0.1, -0.05) is 6.92 Å². The molecule has 114 valence electrons. The van der Waals surface area contributed by atoms with Crippen LogP contribution < -0.4 is 10.2 Å². The second-order valence-corrected chi connectivity index (χ2v) is 4.43. The van der Waals surface area contributed by atoms with Crippen molar-refractivity contribution in [1.82, 2.24) is 10.5 Å². The van der Waals surface area contributed by atoms with Crippen LogP contribution in [0.1, 0.15) is 29.3 Å². The molecular weight excluding hydrogens is 284 g/mol. The predicted octanol–water partition coefficient (Wildman–Crippen LogP) is 2.26. The smallest absolute Gasteiger partial charge is 0.331 e. The van der Waals surface area contributed by atoms with Gasteiger partial charge in [-0.05, 0) is 42.0 Å². The number of carbonyl (C=O) groups is 2. The van der Waals surface area contributed by atoms with Crippen molar-refractivity contribution in [2.75, 3.05) is 0 Å². The van der Waals surface area contributed by atoms with Gasteiger partial charge < -0.3 is 9.57 Å². The molecule has 6 heteroatoms. The summed E-state index contributed by atoms with van der Waals surface area (Å²) in [4.78, 5) is 31.2. The van der Waals surface area contributed by atoms with E-state index >= 15 is 0 Å². The molecule has 0 saturated heterocycles. The summed E-state index contributed by atoms with van der Waals surface area (Å²) in [6.45, 7) is 2.06. The standard InChI is InChI=1S/C16H16N2O4/c1-2-15(19)22-18-16(20)13-3-5-14(6-4-13)21-11-12-7-9-17-10-8-12/h3-10H,2,11H2,1H3,(H,18,20). The van der Waals surface area contributed by atoms with Crippen molar-refractivity contribution in [3.63, 3.8) is 0 Å². The molecule has 0 aliphatic rings. The molecule has 1 aromatic carbocycles. The molecule has 0 radical (unpaired) electrons. The van der Waals surface area contributed by atoms with E-state index in [1.165, 1.54) is 0 Å². The van der Waals surface area contributed by atoms with E-state index in [-0.39, 0.29) is 6.42 Å². The van der Waals surface area contributed by atoms with Gasteiger partial charge in [0.2, 0.25) is 0 Å². The van der Waals surface area contributed by atoms with Crippen LogP contribution >= 0.6 is 0 Å². The minimum Gasteiger partial charge on any atom is -0.489 e. The summed E-state index contributed by atoms with van der Waals surface area (Å²) in [5.74, 6) is -0.341. The maximum Gasteiger partial charge on any atom is 0.331 e. The highest BCUT2D eigenvalue weighted by molar-refractivity contribution is 5.94. The molecule has 0 saturated carbocycles. The number of nitrogens with zero attached hydrogens (tertiary/aromatic N) is 1. The summed E-state index contributed by atoms with van der Waals surface area (Å²) in [7, 11) is 0. The van der Waals surface area contributed by atoms with Crippen molar-refractivity contribution in [2.45, 2.75) is 20.0 Å². The number of carbonyl (C=O) groups excluding carboxylic acids is 2. The second kappa shape index (κ2) is 7.78. The fourth-order valence-corrected chi connectivity index (χ4v) is 1.58. The van der Waals surface area contributed by atoms with E-state index in [1.807, 2.05) is 12.1 Å². The molecule has 6 nitrogen and oxygen atoms in total. The van der Waals surface area contributed by atoms with E-state index in [9.17, 15) is 9.59 Å². The van der Waals surface area contributed by atoms with Crippen LogP contribution in [0.25, 0.3) is 0 Å². The molecule has 1 N–H and O–H groups in total. The highest BCUT2D eigenvalue weighted by atomic mass is 16.7. The lowest BCUT2D eigenvalue weighted by molar-refractivity contribution is -0.148. The zero-order chi connectivity index (χ0) is 15.8. The molecule has 1 amide bonds. The molecule has 2 rings (SSSR count).